The smallest absolute Gasteiger partial charge is 0.258 e. The maximum atomic E-state index is 12.4. The fourth-order valence-corrected chi connectivity index (χ4v) is 4.46. The van der Waals surface area contributed by atoms with E-state index in [-0.39, 0.29) is 5.91 Å². The summed E-state index contributed by atoms with van der Waals surface area (Å²) in [5, 5.41) is 0. The van der Waals surface area contributed by atoms with Crippen LogP contribution in [-0.4, -0.2) is 29.9 Å². The van der Waals surface area contributed by atoms with Crippen LogP contribution in [0.4, 0.5) is 0 Å². The monoisotopic (exact) mass is 386 g/mol. The first-order valence-corrected chi connectivity index (χ1v) is 10.2. The van der Waals surface area contributed by atoms with Crippen molar-refractivity contribution in [3.05, 3.63) is 58.4 Å². The molecule has 0 radical (unpaired) electrons. The minimum atomic E-state index is -0.120. The third kappa shape index (κ3) is 4.44. The second-order valence-electron chi connectivity index (χ2n) is 6.04. The first kappa shape index (κ1) is 18.9. The van der Waals surface area contributed by atoms with E-state index >= 15 is 0 Å². The lowest BCUT2D eigenvalue weighted by Gasteiger charge is -2.06. The molecule has 2 aromatic carbocycles. The van der Waals surface area contributed by atoms with Gasteiger partial charge >= 0.3 is 0 Å². The average molecular weight is 387 g/mol. The standard InChI is InChI=1S/C20H22N2O2S2/c1-14-11-17-18(12-15(14)2)26-20(22(17)9-10-24-3)21-19(23)13-25-16-7-5-4-6-8-16/h4-8,11-12H,9-10,13H2,1-3H3. The van der Waals surface area contributed by atoms with Gasteiger partial charge in [0.05, 0.1) is 22.6 Å². The fourth-order valence-electron chi connectivity index (χ4n) is 2.61. The third-order valence-corrected chi connectivity index (χ3v) is 6.18. The first-order chi connectivity index (χ1) is 12.6. The van der Waals surface area contributed by atoms with Crippen molar-refractivity contribution in [2.24, 2.45) is 4.99 Å². The Bertz CT molecular complexity index is 975. The third-order valence-electron chi connectivity index (χ3n) is 4.14. The predicted molar refractivity (Wildman–Crippen MR) is 109 cm³/mol. The van der Waals surface area contributed by atoms with Crippen molar-refractivity contribution >= 4 is 39.2 Å². The minimum absolute atomic E-state index is 0.120. The molecule has 136 valence electrons. The molecular weight excluding hydrogens is 364 g/mol. The van der Waals surface area contributed by atoms with E-state index < -0.39 is 0 Å². The lowest BCUT2D eigenvalue weighted by atomic mass is 10.1. The molecule has 3 aromatic rings. The summed E-state index contributed by atoms with van der Waals surface area (Å²) in [6.07, 6.45) is 0. The van der Waals surface area contributed by atoms with Gasteiger partial charge in [-0.3, -0.25) is 4.79 Å². The van der Waals surface area contributed by atoms with Gasteiger partial charge in [0.15, 0.2) is 4.80 Å². The lowest BCUT2D eigenvalue weighted by Crippen LogP contribution is -2.19. The van der Waals surface area contributed by atoms with Crippen LogP contribution < -0.4 is 4.80 Å². The predicted octanol–water partition coefficient (Wildman–Crippen LogP) is 4.19. The molecule has 0 aliphatic carbocycles. The SMILES string of the molecule is COCCn1c(=NC(=O)CSc2ccccc2)sc2cc(C)c(C)cc21. The van der Waals surface area contributed by atoms with Gasteiger partial charge in [-0.2, -0.15) is 4.99 Å². The highest BCUT2D eigenvalue weighted by Crippen LogP contribution is 2.22. The Balaban J connectivity index is 1.91. The zero-order valence-corrected chi connectivity index (χ0v) is 16.8. The Labute approximate surface area is 161 Å². The van der Waals surface area contributed by atoms with E-state index in [1.807, 2.05) is 30.3 Å². The molecule has 0 bridgehead atoms. The summed E-state index contributed by atoms with van der Waals surface area (Å²) in [6, 6.07) is 14.2. The van der Waals surface area contributed by atoms with E-state index in [2.05, 4.69) is 35.5 Å². The zero-order valence-electron chi connectivity index (χ0n) is 15.2. The van der Waals surface area contributed by atoms with Crippen LogP contribution in [0.15, 0.2) is 52.4 Å². The number of carbonyl (C=O) groups excluding carboxylic acids is 1. The van der Waals surface area contributed by atoms with E-state index in [4.69, 9.17) is 4.74 Å². The van der Waals surface area contributed by atoms with Crippen LogP contribution in [0, 0.1) is 13.8 Å². The highest BCUT2D eigenvalue weighted by Gasteiger charge is 2.10. The van der Waals surface area contributed by atoms with E-state index in [1.54, 1.807) is 18.4 Å². The van der Waals surface area contributed by atoms with Crippen LogP contribution >= 0.6 is 23.1 Å². The molecule has 0 aliphatic heterocycles. The van der Waals surface area contributed by atoms with Crippen molar-refractivity contribution in [3.8, 4) is 0 Å². The Morgan fingerprint density at radius 2 is 1.92 bits per heavy atom. The highest BCUT2D eigenvalue weighted by atomic mass is 32.2. The number of rotatable bonds is 6. The van der Waals surface area contributed by atoms with Gasteiger partial charge in [-0.05, 0) is 49.2 Å². The van der Waals surface area contributed by atoms with E-state index in [9.17, 15) is 4.79 Å². The van der Waals surface area contributed by atoms with Crippen LogP contribution in [0.25, 0.3) is 10.2 Å². The molecular formula is C20H22N2O2S2. The minimum Gasteiger partial charge on any atom is -0.383 e. The molecule has 0 saturated carbocycles. The molecule has 6 heteroatoms. The number of amides is 1. The number of fused-ring (bicyclic) bond motifs is 1. The summed E-state index contributed by atoms with van der Waals surface area (Å²) in [5.41, 5.74) is 3.59. The van der Waals surface area contributed by atoms with Gasteiger partial charge in [-0.1, -0.05) is 29.5 Å². The maximum Gasteiger partial charge on any atom is 0.258 e. The number of aromatic nitrogens is 1. The van der Waals surface area contributed by atoms with Crippen LogP contribution in [0.2, 0.25) is 0 Å². The summed E-state index contributed by atoms with van der Waals surface area (Å²) in [6.45, 7) is 5.47. The van der Waals surface area contributed by atoms with Crippen molar-refractivity contribution in [1.29, 1.82) is 0 Å². The number of thioether (sulfide) groups is 1. The molecule has 0 saturated heterocycles. The number of hydrogen-bond acceptors (Lipinski definition) is 4. The van der Waals surface area contributed by atoms with E-state index in [0.717, 1.165) is 19.9 Å². The number of benzene rings is 2. The van der Waals surface area contributed by atoms with Gasteiger partial charge in [0.2, 0.25) is 0 Å². The summed E-state index contributed by atoms with van der Waals surface area (Å²) in [4.78, 5) is 18.6. The largest absolute Gasteiger partial charge is 0.383 e. The number of thiazole rings is 1. The molecule has 0 fully saturated rings. The molecule has 0 spiro atoms. The van der Waals surface area contributed by atoms with Crippen molar-refractivity contribution in [2.45, 2.75) is 25.3 Å². The van der Waals surface area contributed by atoms with Crippen molar-refractivity contribution in [3.63, 3.8) is 0 Å². The maximum absolute atomic E-state index is 12.4. The molecule has 1 aromatic heterocycles. The fraction of sp³-hybridized carbons (Fsp3) is 0.300. The molecule has 0 unspecified atom stereocenters. The van der Waals surface area contributed by atoms with Gasteiger partial charge in [-0.15, -0.1) is 11.8 Å². The van der Waals surface area contributed by atoms with E-state index in [1.165, 1.54) is 22.9 Å². The van der Waals surface area contributed by atoms with Gasteiger partial charge in [-0.25, -0.2) is 0 Å². The number of ether oxygens (including phenoxy) is 1. The van der Waals surface area contributed by atoms with Crippen LogP contribution in [0.1, 0.15) is 11.1 Å². The number of methoxy groups -OCH3 is 1. The summed E-state index contributed by atoms with van der Waals surface area (Å²) < 4.78 is 8.47. The van der Waals surface area contributed by atoms with Crippen LogP contribution in [0.3, 0.4) is 0 Å². The Kier molecular flexibility index (Phi) is 6.29. The second kappa shape index (κ2) is 8.66. The quantitative estimate of drug-likeness (QED) is 0.597. The number of hydrogen-bond donors (Lipinski definition) is 0. The molecule has 3 rings (SSSR count). The van der Waals surface area contributed by atoms with Crippen LogP contribution in [-0.2, 0) is 16.1 Å². The molecule has 0 aliphatic rings. The Morgan fingerprint density at radius 1 is 1.19 bits per heavy atom. The topological polar surface area (TPSA) is 43.6 Å². The zero-order chi connectivity index (χ0) is 18.5. The second-order valence-corrected chi connectivity index (χ2v) is 8.10. The molecule has 0 N–H and O–H groups in total. The lowest BCUT2D eigenvalue weighted by molar-refractivity contribution is -0.115. The van der Waals surface area contributed by atoms with Crippen molar-refractivity contribution < 1.29 is 9.53 Å². The summed E-state index contributed by atoms with van der Waals surface area (Å²) in [7, 11) is 1.68. The normalized spacial score (nSPS) is 12.0. The first-order valence-electron chi connectivity index (χ1n) is 8.43. The molecule has 0 atom stereocenters. The number of aryl methyl sites for hydroxylation is 2. The number of carbonyl (C=O) groups is 1. The Hall–Kier alpha value is -1.89. The van der Waals surface area contributed by atoms with Gasteiger partial charge in [0, 0.05) is 18.6 Å². The molecule has 4 nitrogen and oxygen atoms in total. The van der Waals surface area contributed by atoms with E-state index in [0.29, 0.717) is 18.9 Å². The van der Waals surface area contributed by atoms with Gasteiger partial charge in [0.1, 0.15) is 0 Å². The van der Waals surface area contributed by atoms with Gasteiger partial charge in [0.25, 0.3) is 5.91 Å². The summed E-state index contributed by atoms with van der Waals surface area (Å²) in [5.74, 6) is 0.214. The van der Waals surface area contributed by atoms with Crippen molar-refractivity contribution in [2.75, 3.05) is 19.5 Å². The Morgan fingerprint density at radius 3 is 2.65 bits per heavy atom. The van der Waals surface area contributed by atoms with Crippen LogP contribution in [0.5, 0.6) is 0 Å². The molecule has 1 heterocycles. The van der Waals surface area contributed by atoms with Crippen molar-refractivity contribution in [1.82, 2.24) is 4.57 Å². The van der Waals surface area contributed by atoms with Gasteiger partial charge < -0.3 is 9.30 Å². The molecule has 1 amide bonds. The highest BCUT2D eigenvalue weighted by molar-refractivity contribution is 8.00. The number of nitrogens with zero attached hydrogens (tertiary/aromatic N) is 2. The summed E-state index contributed by atoms with van der Waals surface area (Å²) >= 11 is 3.07. The average Bonchev–Trinajstić information content (AvgIpc) is 2.95. The molecule has 26 heavy (non-hydrogen) atoms.